The number of hydrogen-bond acceptors (Lipinski definition) is 6. The van der Waals surface area contributed by atoms with Gasteiger partial charge in [0.25, 0.3) is 0 Å². The third-order valence-electron chi connectivity index (χ3n) is 5.26. The molecule has 2 N–H and O–H groups in total. The van der Waals surface area contributed by atoms with E-state index in [9.17, 15) is 22.8 Å². The lowest BCUT2D eigenvalue weighted by atomic mass is 9.75. The first kappa shape index (κ1) is 25.0. The average Bonchev–Trinajstić information content (AvgIpc) is 2.60. The average molecular weight is 444 g/mol. The Hall–Kier alpha value is -2.29. The van der Waals surface area contributed by atoms with Crippen LogP contribution in [0, 0.1) is 5.92 Å². The molecule has 1 aliphatic rings. The quantitative estimate of drug-likeness (QED) is 0.608. The second kappa shape index (κ2) is 9.46. The Balaban J connectivity index is 1.98. The molecule has 6 nitrogen and oxygen atoms in total. The van der Waals surface area contributed by atoms with Gasteiger partial charge in [-0.3, -0.25) is 4.79 Å². The predicted molar refractivity (Wildman–Crippen MR) is 111 cm³/mol. The van der Waals surface area contributed by atoms with E-state index in [4.69, 9.17) is 4.74 Å². The minimum absolute atomic E-state index is 0.0459. The number of carbonyl (C=O) groups is 2. The first-order chi connectivity index (χ1) is 14.2. The van der Waals surface area contributed by atoms with E-state index in [1.165, 1.54) is 13.2 Å². The van der Waals surface area contributed by atoms with Crippen LogP contribution >= 0.6 is 0 Å². The van der Waals surface area contributed by atoms with Gasteiger partial charge < -0.3 is 20.1 Å². The van der Waals surface area contributed by atoms with Crippen LogP contribution in [0.15, 0.2) is 18.2 Å². The van der Waals surface area contributed by atoms with Gasteiger partial charge in [-0.05, 0) is 71.6 Å². The molecular formula is C22H31F3N2O4. The number of nitrogens with one attached hydrogen (secondary N) is 2. The zero-order valence-corrected chi connectivity index (χ0v) is 18.7. The number of ether oxygens (including phenoxy) is 2. The molecule has 0 spiro atoms. The van der Waals surface area contributed by atoms with E-state index in [-0.39, 0.29) is 35.2 Å². The maximum absolute atomic E-state index is 13.4. The van der Waals surface area contributed by atoms with Crippen molar-refractivity contribution in [3.8, 4) is 0 Å². The van der Waals surface area contributed by atoms with E-state index >= 15 is 0 Å². The summed E-state index contributed by atoms with van der Waals surface area (Å²) >= 11 is 0. The van der Waals surface area contributed by atoms with E-state index in [2.05, 4.69) is 15.4 Å². The van der Waals surface area contributed by atoms with Gasteiger partial charge in [0.05, 0.1) is 18.2 Å². The van der Waals surface area contributed by atoms with Crippen LogP contribution in [-0.2, 0) is 20.4 Å². The minimum Gasteiger partial charge on any atom is -0.465 e. The van der Waals surface area contributed by atoms with Crippen LogP contribution in [0.2, 0.25) is 0 Å². The number of alkyl halides is 3. The third kappa shape index (κ3) is 6.85. The van der Waals surface area contributed by atoms with Crippen LogP contribution in [0.3, 0.4) is 0 Å². The highest BCUT2D eigenvalue weighted by Crippen LogP contribution is 2.38. The lowest BCUT2D eigenvalue weighted by molar-refractivity contribution is -0.157. The number of hydrogen-bond donors (Lipinski definition) is 2. The SMILES string of the molecule is COC(=O)c1ccc(C(F)(F)F)c(N[C@@H](C)C2CC(N[C@@H](C)C(=O)OC(C)(C)C)C2)c1. The fourth-order valence-corrected chi connectivity index (χ4v) is 3.54. The van der Waals surface area contributed by atoms with Crippen molar-refractivity contribution in [2.45, 2.75) is 77.4 Å². The van der Waals surface area contributed by atoms with Crippen molar-refractivity contribution in [1.29, 1.82) is 0 Å². The van der Waals surface area contributed by atoms with Crippen LogP contribution in [0.1, 0.15) is 63.4 Å². The molecule has 31 heavy (non-hydrogen) atoms. The predicted octanol–water partition coefficient (Wildman–Crippen LogP) is 4.39. The molecule has 174 valence electrons. The summed E-state index contributed by atoms with van der Waals surface area (Å²) in [5.41, 5.74) is -1.51. The number of rotatable bonds is 7. The Morgan fingerprint density at radius 1 is 1.13 bits per heavy atom. The maximum Gasteiger partial charge on any atom is 0.418 e. The fraction of sp³-hybridized carbons (Fsp3) is 0.636. The first-order valence-corrected chi connectivity index (χ1v) is 10.3. The largest absolute Gasteiger partial charge is 0.465 e. The Bertz CT molecular complexity index is 799. The van der Waals surface area contributed by atoms with Crippen LogP contribution in [0.25, 0.3) is 0 Å². The molecule has 2 rings (SSSR count). The molecule has 1 aromatic carbocycles. The van der Waals surface area contributed by atoms with Crippen molar-refractivity contribution in [2.75, 3.05) is 12.4 Å². The molecule has 0 saturated heterocycles. The van der Waals surface area contributed by atoms with Gasteiger partial charge in [0, 0.05) is 17.8 Å². The molecular weight excluding hydrogens is 413 g/mol. The van der Waals surface area contributed by atoms with Crippen molar-refractivity contribution in [3.05, 3.63) is 29.3 Å². The van der Waals surface area contributed by atoms with E-state index in [1.54, 1.807) is 27.7 Å². The van der Waals surface area contributed by atoms with E-state index in [0.29, 0.717) is 12.8 Å². The Morgan fingerprint density at radius 3 is 2.26 bits per heavy atom. The molecule has 2 atom stereocenters. The minimum atomic E-state index is -4.55. The molecule has 1 aromatic rings. The van der Waals surface area contributed by atoms with E-state index < -0.39 is 29.4 Å². The molecule has 9 heteroatoms. The third-order valence-corrected chi connectivity index (χ3v) is 5.26. The molecule has 1 saturated carbocycles. The van der Waals surface area contributed by atoms with Gasteiger partial charge in [-0.2, -0.15) is 13.2 Å². The Morgan fingerprint density at radius 2 is 1.74 bits per heavy atom. The highest BCUT2D eigenvalue weighted by Gasteiger charge is 2.38. The molecule has 0 heterocycles. The van der Waals surface area contributed by atoms with Gasteiger partial charge in [-0.1, -0.05) is 0 Å². The normalized spacial score (nSPS) is 20.9. The summed E-state index contributed by atoms with van der Waals surface area (Å²) < 4.78 is 50.2. The number of esters is 2. The molecule has 0 aromatic heterocycles. The van der Waals surface area contributed by atoms with Crippen molar-refractivity contribution in [1.82, 2.24) is 5.32 Å². The van der Waals surface area contributed by atoms with Gasteiger partial charge in [-0.15, -0.1) is 0 Å². The van der Waals surface area contributed by atoms with Crippen LogP contribution in [0.4, 0.5) is 18.9 Å². The van der Waals surface area contributed by atoms with Gasteiger partial charge in [0.15, 0.2) is 0 Å². The molecule has 0 bridgehead atoms. The van der Waals surface area contributed by atoms with Crippen LogP contribution in [-0.4, -0.2) is 42.8 Å². The zero-order valence-electron chi connectivity index (χ0n) is 18.7. The van der Waals surface area contributed by atoms with Gasteiger partial charge in [0.1, 0.15) is 11.6 Å². The second-order valence-electron chi connectivity index (χ2n) is 9.03. The Kier molecular flexibility index (Phi) is 7.62. The highest BCUT2D eigenvalue weighted by molar-refractivity contribution is 5.90. The summed E-state index contributed by atoms with van der Waals surface area (Å²) in [4.78, 5) is 23.8. The Labute approximate surface area is 180 Å². The van der Waals surface area contributed by atoms with E-state index in [0.717, 1.165) is 12.1 Å². The number of methoxy groups -OCH3 is 1. The van der Waals surface area contributed by atoms with Crippen molar-refractivity contribution >= 4 is 17.6 Å². The van der Waals surface area contributed by atoms with Crippen molar-refractivity contribution in [2.24, 2.45) is 5.92 Å². The van der Waals surface area contributed by atoms with Crippen LogP contribution in [0.5, 0.6) is 0 Å². The molecule has 1 fully saturated rings. The molecule has 0 aliphatic heterocycles. The summed E-state index contributed by atoms with van der Waals surface area (Å²) in [6.07, 6.45) is -3.14. The molecule has 0 radical (unpaired) electrons. The monoisotopic (exact) mass is 444 g/mol. The molecule has 0 unspecified atom stereocenters. The lowest BCUT2D eigenvalue weighted by Gasteiger charge is -2.41. The summed E-state index contributed by atoms with van der Waals surface area (Å²) in [5, 5.41) is 6.13. The van der Waals surface area contributed by atoms with E-state index in [1.807, 2.05) is 6.92 Å². The first-order valence-electron chi connectivity index (χ1n) is 10.3. The standard InChI is InChI=1S/C22H31F3N2O4/c1-12(15-9-16(10-15)26-13(2)19(28)31-21(3,4)5)27-18-11-14(20(29)30-6)7-8-17(18)22(23,24)25/h7-8,11-13,15-16,26-27H,9-10H2,1-6H3/t12-,13-,15?,16?/m0/s1. The molecule has 1 aliphatic carbocycles. The van der Waals surface area contributed by atoms with Gasteiger partial charge in [0.2, 0.25) is 0 Å². The summed E-state index contributed by atoms with van der Waals surface area (Å²) in [6.45, 7) is 8.94. The second-order valence-corrected chi connectivity index (χ2v) is 9.03. The van der Waals surface area contributed by atoms with Crippen molar-refractivity contribution < 1.29 is 32.2 Å². The van der Waals surface area contributed by atoms with Gasteiger partial charge in [-0.25, -0.2) is 4.79 Å². The van der Waals surface area contributed by atoms with Crippen LogP contribution < -0.4 is 10.6 Å². The summed E-state index contributed by atoms with van der Waals surface area (Å²) in [7, 11) is 1.18. The lowest BCUT2D eigenvalue weighted by Crippen LogP contribution is -2.52. The number of anilines is 1. The smallest absolute Gasteiger partial charge is 0.418 e. The maximum atomic E-state index is 13.4. The van der Waals surface area contributed by atoms with Gasteiger partial charge >= 0.3 is 18.1 Å². The summed E-state index contributed by atoms with van der Waals surface area (Å²) in [6, 6.07) is 2.51. The highest BCUT2D eigenvalue weighted by atomic mass is 19.4. The van der Waals surface area contributed by atoms with Crippen molar-refractivity contribution in [3.63, 3.8) is 0 Å². The topological polar surface area (TPSA) is 76.7 Å². The number of carbonyl (C=O) groups excluding carboxylic acids is 2. The fourth-order valence-electron chi connectivity index (χ4n) is 3.54. The zero-order chi connectivity index (χ0) is 23.6. The summed E-state index contributed by atoms with van der Waals surface area (Å²) in [5.74, 6) is -0.920. The molecule has 0 amide bonds. The number of halogens is 3. The number of benzene rings is 1.